The molecule has 0 aromatic heterocycles. The van der Waals surface area contributed by atoms with Gasteiger partial charge in [-0.25, -0.2) is 4.79 Å². The van der Waals surface area contributed by atoms with Crippen molar-refractivity contribution in [3.05, 3.63) is 35.4 Å². The topological polar surface area (TPSA) is 137 Å². The normalized spacial score (nSPS) is 21.5. The Balaban J connectivity index is 1.53. The molecule has 3 unspecified atom stereocenters. The molecular formula is C22H30F3N5O5. The van der Waals surface area contributed by atoms with Crippen LogP contribution in [0.5, 0.6) is 0 Å². The van der Waals surface area contributed by atoms with E-state index in [-0.39, 0.29) is 48.9 Å². The highest BCUT2D eigenvalue weighted by molar-refractivity contribution is 5.94. The molecule has 0 spiro atoms. The van der Waals surface area contributed by atoms with Crippen molar-refractivity contribution in [1.82, 2.24) is 20.4 Å². The minimum absolute atomic E-state index is 0.0913. The van der Waals surface area contributed by atoms with Gasteiger partial charge in [-0.05, 0) is 36.5 Å². The van der Waals surface area contributed by atoms with E-state index in [0.717, 1.165) is 6.42 Å². The predicted molar refractivity (Wildman–Crippen MR) is 118 cm³/mol. The van der Waals surface area contributed by atoms with Gasteiger partial charge in [-0.15, -0.1) is 0 Å². The molecule has 0 radical (unpaired) electrons. The van der Waals surface area contributed by atoms with E-state index in [9.17, 15) is 27.6 Å². The fourth-order valence-corrected chi connectivity index (χ4v) is 4.14. The number of aliphatic hydroxyl groups is 1. The van der Waals surface area contributed by atoms with Crippen molar-refractivity contribution in [1.29, 1.82) is 0 Å². The van der Waals surface area contributed by atoms with Crippen LogP contribution in [0.3, 0.4) is 0 Å². The zero-order chi connectivity index (χ0) is 25.6. The highest BCUT2D eigenvalue weighted by Crippen LogP contribution is 2.22. The summed E-state index contributed by atoms with van der Waals surface area (Å²) in [7, 11) is 0. The number of nitrogens with zero attached hydrogens (tertiary/aromatic N) is 2. The standard InChI is InChI=1S/C22H30F3N5O5/c23-22(24,25)20(33)28-18(26)15-1-3-16(4-2-15)19(32)27-11-17-13-35-10-8-30(17)21(34)29-7-5-14(12-29)6-9-31/h1-4,14,17-18,31H,5-13,26H2,(H,27,32)(H,28,33). The molecule has 1 aromatic carbocycles. The van der Waals surface area contributed by atoms with Gasteiger partial charge >= 0.3 is 18.1 Å². The number of urea groups is 1. The second-order valence-corrected chi connectivity index (χ2v) is 8.60. The van der Waals surface area contributed by atoms with E-state index in [1.54, 1.807) is 15.1 Å². The van der Waals surface area contributed by atoms with Crippen LogP contribution in [-0.2, 0) is 9.53 Å². The molecule has 13 heteroatoms. The number of hydrogen-bond donors (Lipinski definition) is 4. The zero-order valence-corrected chi connectivity index (χ0v) is 19.1. The van der Waals surface area contributed by atoms with Gasteiger partial charge in [0, 0.05) is 38.3 Å². The lowest BCUT2D eigenvalue weighted by Crippen LogP contribution is -2.56. The molecule has 5 N–H and O–H groups in total. The third kappa shape index (κ3) is 7.05. The molecule has 0 saturated carbocycles. The summed E-state index contributed by atoms with van der Waals surface area (Å²) in [5.41, 5.74) is 6.03. The Labute approximate surface area is 200 Å². The van der Waals surface area contributed by atoms with Crippen LogP contribution in [0.25, 0.3) is 0 Å². The number of nitrogens with one attached hydrogen (secondary N) is 2. The van der Waals surface area contributed by atoms with E-state index < -0.39 is 24.2 Å². The molecule has 2 saturated heterocycles. The largest absolute Gasteiger partial charge is 0.471 e. The third-order valence-electron chi connectivity index (χ3n) is 6.14. The molecule has 3 rings (SSSR count). The van der Waals surface area contributed by atoms with Crippen LogP contribution in [0.4, 0.5) is 18.0 Å². The van der Waals surface area contributed by atoms with Crippen LogP contribution in [0.2, 0.25) is 0 Å². The van der Waals surface area contributed by atoms with Crippen molar-refractivity contribution in [2.75, 3.05) is 46.0 Å². The van der Waals surface area contributed by atoms with E-state index in [4.69, 9.17) is 15.6 Å². The maximum Gasteiger partial charge on any atom is 0.471 e. The molecule has 35 heavy (non-hydrogen) atoms. The van der Waals surface area contributed by atoms with Crippen molar-refractivity contribution in [2.45, 2.75) is 31.2 Å². The minimum Gasteiger partial charge on any atom is -0.396 e. The quantitative estimate of drug-likeness (QED) is 0.404. The van der Waals surface area contributed by atoms with Crippen LogP contribution in [-0.4, -0.2) is 91.0 Å². The first-order valence-electron chi connectivity index (χ1n) is 11.4. The number of halogens is 3. The van der Waals surface area contributed by atoms with Gasteiger partial charge in [-0.3, -0.25) is 9.59 Å². The SMILES string of the molecule is NC(NC(=O)C(F)(F)F)c1ccc(C(=O)NCC2COCCN2C(=O)N2CCC(CCO)C2)cc1. The molecular weight excluding hydrogens is 471 g/mol. The second-order valence-electron chi connectivity index (χ2n) is 8.60. The summed E-state index contributed by atoms with van der Waals surface area (Å²) in [4.78, 5) is 40.1. The van der Waals surface area contributed by atoms with Crippen molar-refractivity contribution in [3.8, 4) is 0 Å². The second kappa shape index (κ2) is 11.7. The first-order chi connectivity index (χ1) is 16.6. The first kappa shape index (κ1) is 26.7. The van der Waals surface area contributed by atoms with Crippen molar-refractivity contribution in [3.63, 3.8) is 0 Å². The molecule has 194 valence electrons. The van der Waals surface area contributed by atoms with Gasteiger partial charge in [0.15, 0.2) is 0 Å². The number of aliphatic hydroxyl groups excluding tert-OH is 1. The monoisotopic (exact) mass is 501 g/mol. The number of carbonyl (C=O) groups excluding carboxylic acids is 3. The number of benzene rings is 1. The Morgan fingerprint density at radius 1 is 1.20 bits per heavy atom. The Kier molecular flexibility index (Phi) is 8.92. The first-order valence-corrected chi connectivity index (χ1v) is 11.4. The summed E-state index contributed by atoms with van der Waals surface area (Å²) >= 11 is 0. The minimum atomic E-state index is -5.05. The Bertz CT molecular complexity index is 898. The Morgan fingerprint density at radius 3 is 2.57 bits per heavy atom. The van der Waals surface area contributed by atoms with Crippen LogP contribution in [0.1, 0.15) is 34.9 Å². The Morgan fingerprint density at radius 2 is 1.91 bits per heavy atom. The summed E-state index contributed by atoms with van der Waals surface area (Å²) in [5, 5.41) is 13.5. The number of alkyl halides is 3. The number of likely N-dealkylation sites (tertiary alicyclic amines) is 1. The number of amides is 4. The predicted octanol–water partition coefficient (Wildman–Crippen LogP) is 0.577. The molecule has 1 aromatic rings. The van der Waals surface area contributed by atoms with E-state index in [1.165, 1.54) is 24.3 Å². The van der Waals surface area contributed by atoms with Gasteiger partial charge in [0.05, 0.1) is 19.3 Å². The average molecular weight is 502 g/mol. The average Bonchev–Trinajstić information content (AvgIpc) is 3.30. The summed E-state index contributed by atoms with van der Waals surface area (Å²) in [6, 6.07) is 5.00. The lowest BCUT2D eigenvalue weighted by molar-refractivity contribution is -0.174. The van der Waals surface area contributed by atoms with Gasteiger partial charge in [0.1, 0.15) is 6.17 Å². The zero-order valence-electron chi connectivity index (χ0n) is 19.1. The number of rotatable bonds is 7. The van der Waals surface area contributed by atoms with Crippen LogP contribution < -0.4 is 16.4 Å². The number of carbonyl (C=O) groups is 3. The van der Waals surface area contributed by atoms with Crippen molar-refractivity contribution >= 4 is 17.8 Å². The fraction of sp³-hybridized carbons (Fsp3) is 0.591. The summed E-state index contributed by atoms with van der Waals surface area (Å²) in [6.07, 6.45) is -4.93. The van der Waals surface area contributed by atoms with Crippen LogP contribution in [0, 0.1) is 5.92 Å². The van der Waals surface area contributed by atoms with Gasteiger partial charge in [-0.2, -0.15) is 13.2 Å². The van der Waals surface area contributed by atoms with E-state index in [0.29, 0.717) is 32.7 Å². The molecule has 0 bridgehead atoms. The molecule has 0 aliphatic carbocycles. The fourth-order valence-electron chi connectivity index (χ4n) is 4.14. The van der Waals surface area contributed by atoms with Gasteiger partial charge in [0.25, 0.3) is 5.91 Å². The Hall–Kier alpha value is -2.90. The van der Waals surface area contributed by atoms with Gasteiger partial charge < -0.3 is 36.0 Å². The number of morpholine rings is 1. The van der Waals surface area contributed by atoms with E-state index in [2.05, 4.69) is 5.32 Å². The molecule has 2 heterocycles. The van der Waals surface area contributed by atoms with E-state index in [1.807, 2.05) is 0 Å². The number of nitrogens with two attached hydrogens (primary N) is 1. The lowest BCUT2D eigenvalue weighted by Gasteiger charge is -2.38. The lowest BCUT2D eigenvalue weighted by atomic mass is 10.1. The highest BCUT2D eigenvalue weighted by Gasteiger charge is 2.39. The molecule has 10 nitrogen and oxygen atoms in total. The highest BCUT2D eigenvalue weighted by atomic mass is 19.4. The van der Waals surface area contributed by atoms with Crippen LogP contribution >= 0.6 is 0 Å². The van der Waals surface area contributed by atoms with Gasteiger partial charge in [0.2, 0.25) is 0 Å². The molecule has 4 amide bonds. The number of hydrogen-bond acceptors (Lipinski definition) is 6. The maximum absolute atomic E-state index is 13.0. The van der Waals surface area contributed by atoms with Crippen LogP contribution in [0.15, 0.2) is 24.3 Å². The third-order valence-corrected chi connectivity index (χ3v) is 6.14. The molecule has 2 aliphatic rings. The number of ether oxygens (including phenoxy) is 1. The summed E-state index contributed by atoms with van der Waals surface area (Å²) in [6.45, 7) is 2.53. The molecule has 2 aliphatic heterocycles. The summed E-state index contributed by atoms with van der Waals surface area (Å²) < 4.78 is 42.6. The molecule has 3 atom stereocenters. The van der Waals surface area contributed by atoms with E-state index >= 15 is 0 Å². The molecule has 2 fully saturated rings. The van der Waals surface area contributed by atoms with Crippen molar-refractivity contribution < 1.29 is 37.4 Å². The van der Waals surface area contributed by atoms with Crippen molar-refractivity contribution in [2.24, 2.45) is 11.7 Å². The smallest absolute Gasteiger partial charge is 0.396 e. The summed E-state index contributed by atoms with van der Waals surface area (Å²) in [5.74, 6) is -2.31. The van der Waals surface area contributed by atoms with Gasteiger partial charge in [-0.1, -0.05) is 12.1 Å². The maximum atomic E-state index is 13.0.